The van der Waals surface area contributed by atoms with Gasteiger partial charge in [-0.25, -0.2) is 13.8 Å². The van der Waals surface area contributed by atoms with E-state index in [0.717, 1.165) is 31.1 Å². The number of hydrogen-bond acceptors (Lipinski definition) is 5. The van der Waals surface area contributed by atoms with Crippen molar-refractivity contribution < 1.29 is 13.5 Å². The monoisotopic (exact) mass is 390 g/mol. The van der Waals surface area contributed by atoms with E-state index in [1.807, 2.05) is 4.90 Å². The van der Waals surface area contributed by atoms with Gasteiger partial charge in [0.1, 0.15) is 11.6 Å². The number of halogens is 2. The fraction of sp³-hybridized carbons (Fsp3) is 0.500. The average molecular weight is 390 g/mol. The molecule has 28 heavy (non-hydrogen) atoms. The van der Waals surface area contributed by atoms with Crippen molar-refractivity contribution in [2.24, 2.45) is 0 Å². The van der Waals surface area contributed by atoms with Gasteiger partial charge in [-0.15, -0.1) is 0 Å². The minimum atomic E-state index is -0.560. The lowest BCUT2D eigenvalue weighted by Gasteiger charge is -2.33. The normalized spacial score (nSPS) is 21.1. The zero-order valence-corrected chi connectivity index (χ0v) is 15.7. The van der Waals surface area contributed by atoms with E-state index in [0.29, 0.717) is 50.9 Å². The molecule has 1 aromatic heterocycles. The quantitative estimate of drug-likeness (QED) is 0.868. The molecular formula is C20H24F2N4O2. The van der Waals surface area contributed by atoms with Crippen LogP contribution in [0.4, 0.5) is 14.7 Å². The molecule has 1 unspecified atom stereocenters. The van der Waals surface area contributed by atoms with Gasteiger partial charge in [-0.05, 0) is 37.1 Å². The summed E-state index contributed by atoms with van der Waals surface area (Å²) in [5.41, 5.74) is 1.24. The number of ether oxygens (including phenoxy) is 1. The zero-order chi connectivity index (χ0) is 19.5. The van der Waals surface area contributed by atoms with Gasteiger partial charge in [-0.3, -0.25) is 14.7 Å². The van der Waals surface area contributed by atoms with Crippen LogP contribution in [-0.4, -0.2) is 54.3 Å². The number of benzene rings is 1. The van der Waals surface area contributed by atoms with Gasteiger partial charge in [0.25, 0.3) is 5.56 Å². The van der Waals surface area contributed by atoms with Crippen LogP contribution in [0.3, 0.4) is 0 Å². The molecule has 150 valence electrons. The molecule has 1 N–H and O–H groups in total. The van der Waals surface area contributed by atoms with Gasteiger partial charge in [-0.1, -0.05) is 0 Å². The Morgan fingerprint density at radius 1 is 1.11 bits per heavy atom. The fourth-order valence-electron chi connectivity index (χ4n) is 4.00. The summed E-state index contributed by atoms with van der Waals surface area (Å²) >= 11 is 0. The Bertz CT molecular complexity index is 862. The summed E-state index contributed by atoms with van der Waals surface area (Å²) in [5.74, 6) is -0.408. The topological polar surface area (TPSA) is 61.5 Å². The zero-order valence-electron chi connectivity index (χ0n) is 15.7. The molecule has 0 aliphatic carbocycles. The highest BCUT2D eigenvalue weighted by atomic mass is 19.1. The van der Waals surface area contributed by atoms with E-state index >= 15 is 0 Å². The van der Waals surface area contributed by atoms with E-state index in [-0.39, 0.29) is 11.5 Å². The number of anilines is 1. The highest BCUT2D eigenvalue weighted by Crippen LogP contribution is 2.27. The van der Waals surface area contributed by atoms with Crippen molar-refractivity contribution >= 4 is 5.95 Å². The first-order chi connectivity index (χ1) is 13.6. The van der Waals surface area contributed by atoms with Gasteiger partial charge in [-0.2, -0.15) is 0 Å². The molecule has 0 spiro atoms. The molecule has 6 nitrogen and oxygen atoms in total. The Morgan fingerprint density at radius 3 is 2.61 bits per heavy atom. The van der Waals surface area contributed by atoms with Crippen molar-refractivity contribution in [1.82, 2.24) is 14.9 Å². The molecule has 0 bridgehead atoms. The Kier molecular flexibility index (Phi) is 5.68. The van der Waals surface area contributed by atoms with Crippen LogP contribution in [0.5, 0.6) is 0 Å². The predicted molar refractivity (Wildman–Crippen MR) is 101 cm³/mol. The Morgan fingerprint density at radius 2 is 1.86 bits per heavy atom. The number of nitrogens with one attached hydrogen (secondary N) is 1. The highest BCUT2D eigenvalue weighted by molar-refractivity contribution is 5.32. The van der Waals surface area contributed by atoms with Crippen LogP contribution in [-0.2, 0) is 11.3 Å². The second-order valence-electron chi connectivity index (χ2n) is 7.45. The van der Waals surface area contributed by atoms with E-state index in [4.69, 9.17) is 9.72 Å². The second kappa shape index (κ2) is 8.36. The van der Waals surface area contributed by atoms with Crippen molar-refractivity contribution in [3.63, 3.8) is 0 Å². The smallest absolute Gasteiger partial charge is 0.252 e. The Labute approximate surface area is 162 Å². The summed E-state index contributed by atoms with van der Waals surface area (Å²) in [7, 11) is 0. The molecule has 2 aromatic rings. The molecule has 2 saturated heterocycles. The number of morpholine rings is 1. The first-order valence-corrected chi connectivity index (χ1v) is 9.68. The van der Waals surface area contributed by atoms with Crippen molar-refractivity contribution in [3.05, 3.63) is 57.5 Å². The number of nitrogens with zero attached hydrogens (tertiary/aromatic N) is 3. The first-order valence-electron chi connectivity index (χ1n) is 9.68. The van der Waals surface area contributed by atoms with Crippen LogP contribution in [0.15, 0.2) is 29.1 Å². The average Bonchev–Trinajstić information content (AvgIpc) is 2.68. The van der Waals surface area contributed by atoms with Crippen molar-refractivity contribution in [3.8, 4) is 0 Å². The largest absolute Gasteiger partial charge is 0.378 e. The SMILES string of the molecule is O=c1cc(C2CCCN(Cc3cc(F)cc(F)c3)C2)nc(N2CCOCC2)[nH]1. The molecular weight excluding hydrogens is 366 g/mol. The first kappa shape index (κ1) is 19.0. The molecule has 2 aliphatic rings. The summed E-state index contributed by atoms with van der Waals surface area (Å²) in [6.07, 6.45) is 1.89. The number of piperidine rings is 1. The molecule has 1 atom stereocenters. The minimum Gasteiger partial charge on any atom is -0.378 e. The third-order valence-electron chi connectivity index (χ3n) is 5.31. The maximum absolute atomic E-state index is 13.5. The molecule has 0 saturated carbocycles. The summed E-state index contributed by atoms with van der Waals surface area (Å²) in [6, 6.07) is 5.19. The fourth-order valence-corrected chi connectivity index (χ4v) is 4.00. The van der Waals surface area contributed by atoms with E-state index in [1.165, 1.54) is 12.1 Å². The number of aromatic amines is 1. The summed E-state index contributed by atoms with van der Waals surface area (Å²) in [6.45, 7) is 4.68. The van der Waals surface area contributed by atoms with E-state index in [1.54, 1.807) is 6.07 Å². The second-order valence-corrected chi connectivity index (χ2v) is 7.45. The maximum atomic E-state index is 13.5. The molecule has 4 rings (SSSR count). The van der Waals surface area contributed by atoms with Crippen molar-refractivity contribution in [2.45, 2.75) is 25.3 Å². The van der Waals surface area contributed by atoms with E-state index < -0.39 is 11.6 Å². The van der Waals surface area contributed by atoms with Crippen LogP contribution in [0, 0.1) is 11.6 Å². The number of aromatic nitrogens is 2. The lowest BCUT2D eigenvalue weighted by atomic mass is 9.94. The number of likely N-dealkylation sites (tertiary alicyclic amines) is 1. The predicted octanol–water partition coefficient (Wildman–Crippen LogP) is 2.26. The molecule has 1 aromatic carbocycles. The highest BCUT2D eigenvalue weighted by Gasteiger charge is 2.24. The third-order valence-corrected chi connectivity index (χ3v) is 5.31. The van der Waals surface area contributed by atoms with Gasteiger partial charge in [0.15, 0.2) is 0 Å². The van der Waals surface area contributed by atoms with E-state index in [9.17, 15) is 13.6 Å². The lowest BCUT2D eigenvalue weighted by molar-refractivity contribution is 0.122. The maximum Gasteiger partial charge on any atom is 0.252 e. The number of rotatable bonds is 4. The molecule has 2 aliphatic heterocycles. The molecule has 8 heteroatoms. The molecule has 2 fully saturated rings. The summed E-state index contributed by atoms with van der Waals surface area (Å²) < 4.78 is 32.3. The van der Waals surface area contributed by atoms with E-state index in [2.05, 4.69) is 9.88 Å². The number of H-pyrrole nitrogens is 1. The van der Waals surface area contributed by atoms with Crippen LogP contribution in [0.2, 0.25) is 0 Å². The summed E-state index contributed by atoms with van der Waals surface area (Å²) in [5, 5.41) is 0. The van der Waals surface area contributed by atoms with Crippen molar-refractivity contribution in [1.29, 1.82) is 0 Å². The Hall–Kier alpha value is -2.32. The lowest BCUT2D eigenvalue weighted by Crippen LogP contribution is -2.39. The molecule has 0 amide bonds. The van der Waals surface area contributed by atoms with Gasteiger partial charge >= 0.3 is 0 Å². The van der Waals surface area contributed by atoms with Gasteiger partial charge < -0.3 is 9.64 Å². The van der Waals surface area contributed by atoms with Crippen LogP contribution in [0.1, 0.15) is 30.0 Å². The number of hydrogen-bond donors (Lipinski definition) is 1. The van der Waals surface area contributed by atoms with Gasteiger partial charge in [0.05, 0.1) is 18.9 Å². The van der Waals surface area contributed by atoms with Crippen LogP contribution >= 0.6 is 0 Å². The van der Waals surface area contributed by atoms with Crippen molar-refractivity contribution in [2.75, 3.05) is 44.3 Å². The van der Waals surface area contributed by atoms with Crippen LogP contribution < -0.4 is 10.5 Å². The summed E-state index contributed by atoms with van der Waals surface area (Å²) in [4.78, 5) is 23.9. The molecule has 3 heterocycles. The van der Waals surface area contributed by atoms with Gasteiger partial charge in [0, 0.05) is 44.2 Å². The van der Waals surface area contributed by atoms with Crippen LogP contribution in [0.25, 0.3) is 0 Å². The Balaban J connectivity index is 1.49. The minimum absolute atomic E-state index is 0.120. The standard InChI is InChI=1S/C20H24F2N4O2/c21-16-8-14(9-17(22)10-16)12-25-3-1-2-15(13-25)18-11-19(27)24-20(23-18)26-4-6-28-7-5-26/h8-11,15H,1-7,12-13H2,(H,23,24,27). The third kappa shape index (κ3) is 4.56. The molecule has 0 radical (unpaired) electrons. The van der Waals surface area contributed by atoms with Gasteiger partial charge in [0.2, 0.25) is 5.95 Å².